The van der Waals surface area contributed by atoms with Gasteiger partial charge in [0.1, 0.15) is 11.2 Å². The Balaban J connectivity index is 1.75. The van der Waals surface area contributed by atoms with Crippen molar-refractivity contribution in [2.45, 2.75) is 20.8 Å². The van der Waals surface area contributed by atoms with Gasteiger partial charge in [0.25, 0.3) is 0 Å². The molecule has 4 aromatic carbocycles. The fourth-order valence-corrected chi connectivity index (χ4v) is 4.20. The second-order valence-electron chi connectivity index (χ2n) is 7.96. The number of benzene rings is 4. The largest absolute Gasteiger partial charge is 0.455 e. The lowest BCUT2D eigenvalue weighted by atomic mass is 9.91. The molecule has 0 saturated heterocycles. The van der Waals surface area contributed by atoms with E-state index in [-0.39, 0.29) is 0 Å². The molecule has 2 heteroatoms. The highest BCUT2D eigenvalue weighted by Crippen LogP contribution is 2.38. The van der Waals surface area contributed by atoms with E-state index in [1.165, 1.54) is 11.1 Å². The van der Waals surface area contributed by atoms with Gasteiger partial charge in [-0.05, 0) is 78.9 Å². The topological polar surface area (TPSA) is 36.9 Å². The molecule has 0 saturated carbocycles. The number of nitriles is 1. The molecule has 0 aliphatic carbocycles. The Morgan fingerprint density at radius 2 is 1.47 bits per heavy atom. The highest BCUT2D eigenvalue weighted by molar-refractivity contribution is 6.09. The van der Waals surface area contributed by atoms with Crippen molar-refractivity contribution in [2.24, 2.45) is 0 Å². The third kappa shape index (κ3) is 2.88. The quantitative estimate of drug-likeness (QED) is 0.311. The lowest BCUT2D eigenvalue weighted by Gasteiger charge is -2.13. The van der Waals surface area contributed by atoms with Gasteiger partial charge in [-0.1, -0.05) is 48.0 Å². The molecule has 0 aliphatic rings. The zero-order chi connectivity index (χ0) is 20.8. The molecule has 0 spiro atoms. The molecule has 0 bridgehead atoms. The van der Waals surface area contributed by atoms with Crippen molar-refractivity contribution in [3.63, 3.8) is 0 Å². The minimum atomic E-state index is 0.676. The number of furan rings is 1. The number of hydrogen-bond acceptors (Lipinski definition) is 2. The SMILES string of the molecule is Cc1ccc2oc3c(-c4ccc(C)c(-c5cc(C#N)ccc5C)c4)cccc3c2c1. The van der Waals surface area contributed by atoms with E-state index in [2.05, 4.69) is 75.4 Å². The molecule has 5 rings (SSSR count). The fourth-order valence-electron chi connectivity index (χ4n) is 4.20. The Labute approximate surface area is 176 Å². The van der Waals surface area contributed by atoms with Crippen LogP contribution in [-0.4, -0.2) is 0 Å². The summed E-state index contributed by atoms with van der Waals surface area (Å²) in [5, 5.41) is 11.6. The van der Waals surface area contributed by atoms with Gasteiger partial charge in [-0.15, -0.1) is 0 Å². The van der Waals surface area contributed by atoms with Gasteiger partial charge in [-0.3, -0.25) is 0 Å². The molecule has 144 valence electrons. The van der Waals surface area contributed by atoms with Crippen LogP contribution in [-0.2, 0) is 0 Å². The summed E-state index contributed by atoms with van der Waals surface area (Å²) in [6.07, 6.45) is 0. The van der Waals surface area contributed by atoms with Crippen molar-refractivity contribution in [2.75, 3.05) is 0 Å². The van der Waals surface area contributed by atoms with Gasteiger partial charge in [0.15, 0.2) is 0 Å². The molecule has 30 heavy (non-hydrogen) atoms. The van der Waals surface area contributed by atoms with Gasteiger partial charge in [-0.25, -0.2) is 0 Å². The predicted molar refractivity (Wildman–Crippen MR) is 124 cm³/mol. The van der Waals surface area contributed by atoms with Gasteiger partial charge in [-0.2, -0.15) is 5.26 Å². The highest BCUT2D eigenvalue weighted by atomic mass is 16.3. The molecule has 5 aromatic rings. The molecular formula is C28H21NO. The molecule has 0 amide bonds. The standard InChI is InChI=1S/C28H21NO/c1-17-7-12-27-26(13-17)23-6-4-5-22(28(23)30-27)21-11-9-19(3)25(15-21)24-14-20(16-29)10-8-18(24)2/h4-15H,1-3H3. The molecule has 0 unspecified atom stereocenters. The lowest BCUT2D eigenvalue weighted by molar-refractivity contribution is 0.670. The molecule has 0 atom stereocenters. The molecule has 0 N–H and O–H groups in total. The second-order valence-corrected chi connectivity index (χ2v) is 7.96. The summed E-state index contributed by atoms with van der Waals surface area (Å²) in [5.74, 6) is 0. The van der Waals surface area contributed by atoms with E-state index in [1.807, 2.05) is 24.3 Å². The smallest absolute Gasteiger partial charge is 0.143 e. The van der Waals surface area contributed by atoms with Crippen LogP contribution in [0.25, 0.3) is 44.2 Å². The van der Waals surface area contributed by atoms with Crippen LogP contribution in [0.3, 0.4) is 0 Å². The first-order valence-corrected chi connectivity index (χ1v) is 10.1. The predicted octanol–water partition coefficient (Wildman–Crippen LogP) is 7.72. The van der Waals surface area contributed by atoms with E-state index >= 15 is 0 Å². The zero-order valence-corrected chi connectivity index (χ0v) is 17.3. The van der Waals surface area contributed by atoms with Crippen LogP contribution in [0, 0.1) is 32.1 Å². The van der Waals surface area contributed by atoms with E-state index in [0.717, 1.165) is 49.8 Å². The Kier molecular flexibility index (Phi) is 4.19. The molecule has 0 fully saturated rings. The Morgan fingerprint density at radius 3 is 2.27 bits per heavy atom. The monoisotopic (exact) mass is 387 g/mol. The number of hydrogen-bond donors (Lipinski definition) is 0. The van der Waals surface area contributed by atoms with Crippen LogP contribution in [0.4, 0.5) is 0 Å². The first-order valence-electron chi connectivity index (χ1n) is 10.1. The maximum Gasteiger partial charge on any atom is 0.143 e. The minimum Gasteiger partial charge on any atom is -0.455 e. The number of rotatable bonds is 2. The average molecular weight is 387 g/mol. The first-order chi connectivity index (χ1) is 14.5. The second kappa shape index (κ2) is 6.90. The first kappa shape index (κ1) is 18.2. The van der Waals surface area contributed by atoms with Crippen molar-refractivity contribution in [1.29, 1.82) is 5.26 Å². The average Bonchev–Trinajstić information content (AvgIpc) is 3.13. The van der Waals surface area contributed by atoms with Crippen molar-refractivity contribution in [1.82, 2.24) is 0 Å². The number of para-hydroxylation sites is 1. The number of nitrogens with zero attached hydrogens (tertiary/aromatic N) is 1. The summed E-state index contributed by atoms with van der Waals surface area (Å²) in [5.41, 5.74) is 10.5. The molecular weight excluding hydrogens is 366 g/mol. The van der Waals surface area contributed by atoms with E-state index in [4.69, 9.17) is 4.42 Å². The summed E-state index contributed by atoms with van der Waals surface area (Å²) >= 11 is 0. The summed E-state index contributed by atoms with van der Waals surface area (Å²) in [7, 11) is 0. The van der Waals surface area contributed by atoms with Gasteiger partial charge in [0.2, 0.25) is 0 Å². The molecule has 0 radical (unpaired) electrons. The van der Waals surface area contributed by atoms with Crippen molar-refractivity contribution >= 4 is 21.9 Å². The van der Waals surface area contributed by atoms with Crippen LogP contribution < -0.4 is 0 Å². The molecule has 1 aromatic heterocycles. The summed E-state index contributed by atoms with van der Waals surface area (Å²) in [4.78, 5) is 0. The summed E-state index contributed by atoms with van der Waals surface area (Å²) < 4.78 is 6.29. The number of aryl methyl sites for hydroxylation is 3. The van der Waals surface area contributed by atoms with Gasteiger partial charge < -0.3 is 4.42 Å². The fraction of sp³-hybridized carbons (Fsp3) is 0.107. The van der Waals surface area contributed by atoms with Crippen molar-refractivity contribution < 1.29 is 4.42 Å². The lowest BCUT2D eigenvalue weighted by Crippen LogP contribution is -1.90. The van der Waals surface area contributed by atoms with Crippen LogP contribution in [0.15, 0.2) is 77.2 Å². The van der Waals surface area contributed by atoms with Crippen molar-refractivity contribution in [3.05, 3.63) is 95.1 Å². The van der Waals surface area contributed by atoms with E-state index < -0.39 is 0 Å². The van der Waals surface area contributed by atoms with Crippen molar-refractivity contribution in [3.8, 4) is 28.3 Å². The van der Waals surface area contributed by atoms with Crippen LogP contribution in [0.5, 0.6) is 0 Å². The van der Waals surface area contributed by atoms with E-state index in [1.54, 1.807) is 0 Å². The normalized spacial score (nSPS) is 11.1. The molecule has 1 heterocycles. The maximum absolute atomic E-state index is 9.35. The third-order valence-electron chi connectivity index (χ3n) is 5.86. The van der Waals surface area contributed by atoms with Crippen LogP contribution in [0.2, 0.25) is 0 Å². The Bertz CT molecular complexity index is 1480. The van der Waals surface area contributed by atoms with E-state index in [0.29, 0.717) is 5.56 Å². The molecule has 0 aliphatic heterocycles. The van der Waals surface area contributed by atoms with Gasteiger partial charge in [0.05, 0.1) is 11.6 Å². The third-order valence-corrected chi connectivity index (χ3v) is 5.86. The van der Waals surface area contributed by atoms with Crippen LogP contribution in [0.1, 0.15) is 22.3 Å². The minimum absolute atomic E-state index is 0.676. The Morgan fingerprint density at radius 1 is 0.700 bits per heavy atom. The zero-order valence-electron chi connectivity index (χ0n) is 17.3. The highest BCUT2D eigenvalue weighted by Gasteiger charge is 2.14. The summed E-state index contributed by atoms with van der Waals surface area (Å²) in [6.45, 7) is 6.30. The maximum atomic E-state index is 9.35. The number of fused-ring (bicyclic) bond motifs is 3. The van der Waals surface area contributed by atoms with Crippen LogP contribution >= 0.6 is 0 Å². The summed E-state index contributed by atoms with van der Waals surface area (Å²) in [6, 6.07) is 27.3. The molecule has 2 nitrogen and oxygen atoms in total. The Hall–Kier alpha value is -3.83. The van der Waals surface area contributed by atoms with E-state index in [9.17, 15) is 5.26 Å². The van der Waals surface area contributed by atoms with Gasteiger partial charge in [0, 0.05) is 16.3 Å². The van der Waals surface area contributed by atoms with Gasteiger partial charge >= 0.3 is 0 Å².